The van der Waals surface area contributed by atoms with Gasteiger partial charge in [-0.2, -0.15) is 5.10 Å². The molecule has 3 aromatic rings. The second-order valence-corrected chi connectivity index (χ2v) is 8.50. The van der Waals surface area contributed by atoms with Crippen LogP contribution in [0.2, 0.25) is 5.15 Å². The molecule has 3 heterocycles. The van der Waals surface area contributed by atoms with Crippen LogP contribution in [-0.4, -0.2) is 40.5 Å². The van der Waals surface area contributed by atoms with E-state index in [2.05, 4.69) is 25.1 Å². The number of aryl methyl sites for hydroxylation is 1. The van der Waals surface area contributed by atoms with Gasteiger partial charge in [-0.1, -0.05) is 17.7 Å². The van der Waals surface area contributed by atoms with Gasteiger partial charge >= 0.3 is 6.09 Å². The normalized spacial score (nSPS) is 12.3. The summed E-state index contributed by atoms with van der Waals surface area (Å²) >= 11 is 6.04. The summed E-state index contributed by atoms with van der Waals surface area (Å²) in [5.74, 6) is 0.362. The SMILES string of the molecule is C[C@@H](OC(=O)Nc1c(-c2ccc(NS(C)(=O)=O)cn2)cnn1C)c1cccnc1Cl. The molecule has 0 spiro atoms. The topological polar surface area (TPSA) is 128 Å². The molecule has 0 saturated carbocycles. The van der Waals surface area contributed by atoms with Gasteiger partial charge in [0.2, 0.25) is 10.0 Å². The standard InChI is InChI=1S/C18H19ClN6O4S/c1-11(13-5-4-8-20-16(13)19)29-18(26)23-17-14(10-22-25(17)2)15-7-6-12(9-21-15)24-30(3,27)28/h4-11,24H,1-3H3,(H,23,26)/t11-/m1/s1. The highest BCUT2D eigenvalue weighted by Crippen LogP contribution is 2.28. The molecule has 3 aromatic heterocycles. The molecule has 0 aliphatic rings. The van der Waals surface area contributed by atoms with Crippen molar-refractivity contribution in [1.29, 1.82) is 0 Å². The molecule has 158 valence electrons. The Hall–Kier alpha value is -3.18. The first kappa shape index (κ1) is 21.5. The Kier molecular flexibility index (Phi) is 6.22. The van der Waals surface area contributed by atoms with E-state index in [1.165, 1.54) is 17.1 Å². The number of nitrogens with zero attached hydrogens (tertiary/aromatic N) is 4. The number of hydrogen-bond donors (Lipinski definition) is 2. The first-order valence-corrected chi connectivity index (χ1v) is 11.0. The first-order valence-electron chi connectivity index (χ1n) is 8.68. The number of halogens is 1. The number of ether oxygens (including phenoxy) is 1. The van der Waals surface area contributed by atoms with E-state index in [9.17, 15) is 13.2 Å². The number of rotatable bonds is 6. The number of hydrogen-bond acceptors (Lipinski definition) is 7. The van der Waals surface area contributed by atoms with E-state index >= 15 is 0 Å². The van der Waals surface area contributed by atoms with Crippen LogP contribution >= 0.6 is 11.6 Å². The number of nitrogens with one attached hydrogen (secondary N) is 2. The van der Waals surface area contributed by atoms with Gasteiger partial charge in [0.15, 0.2) is 0 Å². The van der Waals surface area contributed by atoms with Crippen LogP contribution in [0.1, 0.15) is 18.6 Å². The lowest BCUT2D eigenvalue weighted by Gasteiger charge is -2.15. The summed E-state index contributed by atoms with van der Waals surface area (Å²) in [6.45, 7) is 1.68. The third-order valence-corrected chi connectivity index (χ3v) is 4.93. The average molecular weight is 451 g/mol. The Balaban J connectivity index is 1.76. The number of carbonyl (C=O) groups is 1. The van der Waals surface area contributed by atoms with Crippen LogP contribution in [0.3, 0.4) is 0 Å². The summed E-state index contributed by atoms with van der Waals surface area (Å²) in [5.41, 5.74) is 1.92. The molecule has 3 rings (SSSR count). The van der Waals surface area contributed by atoms with Gasteiger partial charge in [0.1, 0.15) is 17.1 Å². The molecule has 30 heavy (non-hydrogen) atoms. The summed E-state index contributed by atoms with van der Waals surface area (Å²) < 4.78 is 31.8. The van der Waals surface area contributed by atoms with Crippen molar-refractivity contribution in [2.75, 3.05) is 16.3 Å². The fourth-order valence-corrected chi connectivity index (χ4v) is 3.47. The molecule has 2 N–H and O–H groups in total. The molecule has 12 heteroatoms. The van der Waals surface area contributed by atoms with Gasteiger partial charge in [-0.25, -0.2) is 18.2 Å². The van der Waals surface area contributed by atoms with Crippen molar-refractivity contribution in [3.05, 3.63) is 53.6 Å². The van der Waals surface area contributed by atoms with Gasteiger partial charge in [-0.3, -0.25) is 19.7 Å². The van der Waals surface area contributed by atoms with Crippen molar-refractivity contribution in [2.45, 2.75) is 13.0 Å². The summed E-state index contributed by atoms with van der Waals surface area (Å²) in [5, 5.41) is 7.05. The Morgan fingerprint density at radius 1 is 1.23 bits per heavy atom. The van der Waals surface area contributed by atoms with Gasteiger partial charge in [0.05, 0.1) is 35.6 Å². The van der Waals surface area contributed by atoms with Gasteiger partial charge in [0, 0.05) is 18.8 Å². The lowest BCUT2D eigenvalue weighted by Crippen LogP contribution is -2.18. The molecule has 0 aliphatic heterocycles. The number of aromatic nitrogens is 4. The predicted octanol–water partition coefficient (Wildman–Crippen LogP) is 3.21. The van der Waals surface area contributed by atoms with Crippen molar-refractivity contribution in [3.63, 3.8) is 0 Å². The Labute approximate surface area is 178 Å². The first-order chi connectivity index (χ1) is 14.1. The predicted molar refractivity (Wildman–Crippen MR) is 113 cm³/mol. The van der Waals surface area contributed by atoms with E-state index in [0.717, 1.165) is 6.26 Å². The molecule has 0 bridgehead atoms. The molecule has 0 radical (unpaired) electrons. The second-order valence-electron chi connectivity index (χ2n) is 6.39. The summed E-state index contributed by atoms with van der Waals surface area (Å²) in [6.07, 6.45) is 4.17. The van der Waals surface area contributed by atoms with Crippen LogP contribution in [0, 0.1) is 0 Å². The third-order valence-electron chi connectivity index (χ3n) is 4.01. The molecule has 0 aromatic carbocycles. The molecule has 0 saturated heterocycles. The maximum Gasteiger partial charge on any atom is 0.413 e. The Bertz CT molecular complexity index is 1160. The highest BCUT2D eigenvalue weighted by Gasteiger charge is 2.19. The Morgan fingerprint density at radius 3 is 2.63 bits per heavy atom. The molecule has 0 unspecified atom stereocenters. The zero-order valence-electron chi connectivity index (χ0n) is 16.3. The highest BCUT2D eigenvalue weighted by atomic mass is 35.5. The van der Waals surface area contributed by atoms with Crippen LogP contribution in [0.4, 0.5) is 16.3 Å². The van der Waals surface area contributed by atoms with Crippen LogP contribution in [0.15, 0.2) is 42.9 Å². The lowest BCUT2D eigenvalue weighted by molar-refractivity contribution is 0.121. The van der Waals surface area contributed by atoms with Crippen molar-refractivity contribution in [2.24, 2.45) is 7.05 Å². The van der Waals surface area contributed by atoms with Crippen LogP contribution in [0.25, 0.3) is 11.3 Å². The molecule has 10 nitrogen and oxygen atoms in total. The van der Waals surface area contributed by atoms with E-state index < -0.39 is 22.2 Å². The molecule has 0 fully saturated rings. The minimum Gasteiger partial charge on any atom is -0.441 e. The quantitative estimate of drug-likeness (QED) is 0.551. The maximum atomic E-state index is 12.4. The van der Waals surface area contributed by atoms with Gasteiger partial charge in [0.25, 0.3) is 0 Å². The maximum absolute atomic E-state index is 12.4. The summed E-state index contributed by atoms with van der Waals surface area (Å²) in [4.78, 5) is 20.6. The fourth-order valence-electron chi connectivity index (χ4n) is 2.65. The Morgan fingerprint density at radius 2 is 2.00 bits per heavy atom. The molecule has 1 amide bonds. The minimum atomic E-state index is -3.41. The smallest absolute Gasteiger partial charge is 0.413 e. The van der Waals surface area contributed by atoms with E-state index in [1.807, 2.05) is 0 Å². The van der Waals surface area contributed by atoms with Crippen molar-refractivity contribution in [1.82, 2.24) is 19.7 Å². The minimum absolute atomic E-state index is 0.256. The number of carbonyl (C=O) groups excluding carboxylic acids is 1. The molecule has 1 atom stereocenters. The fraction of sp³-hybridized carbons (Fsp3) is 0.222. The zero-order chi connectivity index (χ0) is 21.9. The third kappa shape index (κ3) is 5.24. The zero-order valence-corrected chi connectivity index (χ0v) is 17.9. The van der Waals surface area contributed by atoms with Gasteiger partial charge in [-0.05, 0) is 25.1 Å². The summed E-state index contributed by atoms with van der Waals surface area (Å²) in [6, 6.07) is 6.59. The van der Waals surface area contributed by atoms with E-state index in [4.69, 9.17) is 16.3 Å². The van der Waals surface area contributed by atoms with Crippen LogP contribution < -0.4 is 10.0 Å². The number of anilines is 2. The van der Waals surface area contributed by atoms with E-state index in [-0.39, 0.29) is 5.15 Å². The van der Waals surface area contributed by atoms with Crippen LogP contribution in [0.5, 0.6) is 0 Å². The van der Waals surface area contributed by atoms with Gasteiger partial charge in [-0.15, -0.1) is 0 Å². The number of amides is 1. The monoisotopic (exact) mass is 450 g/mol. The van der Waals surface area contributed by atoms with E-state index in [0.29, 0.717) is 28.3 Å². The molecular formula is C18H19ClN6O4S. The molecular weight excluding hydrogens is 432 g/mol. The average Bonchev–Trinajstić information content (AvgIpc) is 3.02. The number of sulfonamides is 1. The van der Waals surface area contributed by atoms with Gasteiger partial charge < -0.3 is 4.74 Å². The summed E-state index contributed by atoms with van der Waals surface area (Å²) in [7, 11) is -1.75. The van der Waals surface area contributed by atoms with Crippen molar-refractivity contribution in [3.8, 4) is 11.3 Å². The number of pyridine rings is 2. The largest absolute Gasteiger partial charge is 0.441 e. The van der Waals surface area contributed by atoms with Crippen LogP contribution in [-0.2, 0) is 21.8 Å². The van der Waals surface area contributed by atoms with Crippen molar-refractivity contribution >= 4 is 39.2 Å². The van der Waals surface area contributed by atoms with E-state index in [1.54, 1.807) is 44.4 Å². The highest BCUT2D eigenvalue weighted by molar-refractivity contribution is 7.92. The lowest BCUT2D eigenvalue weighted by atomic mass is 10.2. The second kappa shape index (κ2) is 8.67. The van der Waals surface area contributed by atoms with Crippen molar-refractivity contribution < 1.29 is 17.9 Å². The molecule has 0 aliphatic carbocycles.